The Hall–Kier alpha value is -1.09. The van der Waals surface area contributed by atoms with Gasteiger partial charge < -0.3 is 4.74 Å². The van der Waals surface area contributed by atoms with Gasteiger partial charge in [-0.25, -0.2) is 0 Å². The predicted molar refractivity (Wildman–Crippen MR) is 81.5 cm³/mol. The highest BCUT2D eigenvalue weighted by Crippen LogP contribution is 2.29. The topological polar surface area (TPSA) is 22.1 Å². The van der Waals surface area contributed by atoms with Crippen LogP contribution in [0.2, 0.25) is 0 Å². The molecule has 1 saturated carbocycles. The molecule has 1 aromatic carbocycles. The highest BCUT2D eigenvalue weighted by atomic mass is 79.9. The van der Waals surface area contributed by atoms with Gasteiger partial charge in [-0.05, 0) is 43.0 Å². The molecule has 100 valence electrons. The lowest BCUT2D eigenvalue weighted by atomic mass is 9.90. The fourth-order valence-electron chi connectivity index (χ4n) is 2.78. The summed E-state index contributed by atoms with van der Waals surface area (Å²) >= 11 is 3.51. The molecule has 0 unspecified atom stereocenters. The molecule has 0 radical (unpaired) electrons. The van der Waals surface area contributed by atoms with Crippen LogP contribution in [0.1, 0.15) is 32.1 Å². The van der Waals surface area contributed by atoms with Gasteiger partial charge in [-0.2, -0.15) is 0 Å². The zero-order chi connectivity index (χ0) is 13.1. The number of halogens is 1. The minimum absolute atomic E-state index is 0.726. The Labute approximate surface area is 122 Å². The van der Waals surface area contributed by atoms with Gasteiger partial charge in [0.15, 0.2) is 0 Å². The van der Waals surface area contributed by atoms with Gasteiger partial charge in [0.2, 0.25) is 0 Å². The largest absolute Gasteiger partial charge is 0.493 e. The summed E-state index contributed by atoms with van der Waals surface area (Å²) in [5, 5.41) is 1.09. The van der Waals surface area contributed by atoms with Crippen molar-refractivity contribution in [3.63, 3.8) is 0 Å². The first-order valence-corrected chi connectivity index (χ1v) is 7.79. The highest BCUT2D eigenvalue weighted by molar-refractivity contribution is 9.10. The molecule has 0 N–H and O–H groups in total. The Morgan fingerprint density at radius 1 is 1.16 bits per heavy atom. The number of rotatable bonds is 3. The summed E-state index contributed by atoms with van der Waals surface area (Å²) in [5.74, 6) is 1.68. The lowest BCUT2D eigenvalue weighted by Crippen LogP contribution is -2.15. The van der Waals surface area contributed by atoms with Gasteiger partial charge in [0.1, 0.15) is 5.75 Å². The standard InChI is InChI=1S/C16H18BrNO/c17-13-6-7-15-14(10-13)16(8-9-18-15)19-11-12-4-2-1-3-5-12/h6-10,12H,1-5,11H2. The van der Waals surface area contributed by atoms with Crippen LogP contribution in [-0.4, -0.2) is 11.6 Å². The molecule has 0 saturated heterocycles. The van der Waals surface area contributed by atoms with Gasteiger partial charge >= 0.3 is 0 Å². The van der Waals surface area contributed by atoms with Crippen molar-refractivity contribution in [2.75, 3.05) is 6.61 Å². The molecule has 0 spiro atoms. The van der Waals surface area contributed by atoms with E-state index >= 15 is 0 Å². The maximum absolute atomic E-state index is 6.05. The lowest BCUT2D eigenvalue weighted by Gasteiger charge is -2.22. The van der Waals surface area contributed by atoms with E-state index in [0.29, 0.717) is 0 Å². The first-order chi connectivity index (χ1) is 9.33. The Morgan fingerprint density at radius 2 is 2.00 bits per heavy atom. The van der Waals surface area contributed by atoms with E-state index in [1.807, 2.05) is 24.4 Å². The maximum Gasteiger partial charge on any atom is 0.130 e. The normalized spacial score (nSPS) is 16.7. The molecule has 0 aliphatic heterocycles. The zero-order valence-electron chi connectivity index (χ0n) is 10.9. The van der Waals surface area contributed by atoms with E-state index in [1.54, 1.807) is 0 Å². The third-order valence-electron chi connectivity index (χ3n) is 3.86. The minimum atomic E-state index is 0.726. The molecule has 1 aromatic heterocycles. The van der Waals surface area contributed by atoms with E-state index in [2.05, 4.69) is 27.0 Å². The average molecular weight is 320 g/mol. The van der Waals surface area contributed by atoms with E-state index in [1.165, 1.54) is 32.1 Å². The molecule has 3 heteroatoms. The smallest absolute Gasteiger partial charge is 0.130 e. The van der Waals surface area contributed by atoms with Crippen molar-refractivity contribution in [1.82, 2.24) is 4.98 Å². The third kappa shape index (κ3) is 3.08. The van der Waals surface area contributed by atoms with Crippen LogP contribution < -0.4 is 4.74 Å². The molecular formula is C16H18BrNO. The Morgan fingerprint density at radius 3 is 2.84 bits per heavy atom. The fourth-order valence-corrected chi connectivity index (χ4v) is 3.14. The first kappa shape index (κ1) is 12.9. The van der Waals surface area contributed by atoms with Crippen molar-refractivity contribution < 1.29 is 4.74 Å². The molecule has 3 rings (SSSR count). The van der Waals surface area contributed by atoms with E-state index in [4.69, 9.17) is 4.74 Å². The third-order valence-corrected chi connectivity index (χ3v) is 4.36. The molecule has 0 bridgehead atoms. The summed E-state index contributed by atoms with van der Waals surface area (Å²) in [5.41, 5.74) is 0.990. The summed E-state index contributed by atoms with van der Waals surface area (Å²) in [7, 11) is 0. The maximum atomic E-state index is 6.05. The Kier molecular flexibility index (Phi) is 4.02. The number of hydrogen-bond acceptors (Lipinski definition) is 2. The molecule has 1 heterocycles. The number of fused-ring (bicyclic) bond motifs is 1. The van der Waals surface area contributed by atoms with E-state index in [0.717, 1.165) is 33.6 Å². The zero-order valence-corrected chi connectivity index (χ0v) is 12.5. The lowest BCUT2D eigenvalue weighted by molar-refractivity contribution is 0.210. The van der Waals surface area contributed by atoms with Crippen molar-refractivity contribution in [3.8, 4) is 5.75 Å². The predicted octanol–water partition coefficient (Wildman–Crippen LogP) is 4.96. The van der Waals surface area contributed by atoms with Crippen molar-refractivity contribution in [1.29, 1.82) is 0 Å². The van der Waals surface area contributed by atoms with Crippen molar-refractivity contribution in [2.45, 2.75) is 32.1 Å². The van der Waals surface area contributed by atoms with Crippen LogP contribution in [0, 0.1) is 5.92 Å². The van der Waals surface area contributed by atoms with Crippen LogP contribution >= 0.6 is 15.9 Å². The summed E-state index contributed by atoms with van der Waals surface area (Å²) in [4.78, 5) is 4.38. The molecule has 0 amide bonds. The number of ether oxygens (including phenoxy) is 1. The van der Waals surface area contributed by atoms with E-state index in [9.17, 15) is 0 Å². The second-order valence-corrected chi connectivity index (χ2v) is 6.20. The quantitative estimate of drug-likeness (QED) is 0.798. The molecule has 0 atom stereocenters. The second kappa shape index (κ2) is 5.91. The average Bonchev–Trinajstić information content (AvgIpc) is 2.46. The molecule has 19 heavy (non-hydrogen) atoms. The summed E-state index contributed by atoms with van der Waals surface area (Å²) in [6, 6.07) is 8.09. The molecule has 2 nitrogen and oxygen atoms in total. The monoisotopic (exact) mass is 319 g/mol. The summed E-state index contributed by atoms with van der Waals surface area (Å²) < 4.78 is 7.12. The van der Waals surface area contributed by atoms with E-state index < -0.39 is 0 Å². The van der Waals surface area contributed by atoms with Crippen LogP contribution in [0.4, 0.5) is 0 Å². The highest BCUT2D eigenvalue weighted by Gasteiger charge is 2.14. The van der Waals surface area contributed by atoms with Crippen LogP contribution in [0.15, 0.2) is 34.9 Å². The van der Waals surface area contributed by atoms with Gasteiger partial charge in [-0.15, -0.1) is 0 Å². The second-order valence-electron chi connectivity index (χ2n) is 5.29. The van der Waals surface area contributed by atoms with Crippen LogP contribution in [0.3, 0.4) is 0 Å². The van der Waals surface area contributed by atoms with Gasteiger partial charge in [0.25, 0.3) is 0 Å². The molecule has 1 aliphatic carbocycles. The number of nitrogens with zero attached hydrogens (tertiary/aromatic N) is 1. The molecule has 1 aliphatic rings. The van der Waals surface area contributed by atoms with Crippen molar-refractivity contribution in [3.05, 3.63) is 34.9 Å². The molecular weight excluding hydrogens is 302 g/mol. The fraction of sp³-hybridized carbons (Fsp3) is 0.438. The van der Waals surface area contributed by atoms with Crippen molar-refractivity contribution >= 4 is 26.8 Å². The summed E-state index contributed by atoms with van der Waals surface area (Å²) in [6.07, 6.45) is 8.56. The molecule has 1 fully saturated rings. The van der Waals surface area contributed by atoms with Crippen LogP contribution in [0.5, 0.6) is 5.75 Å². The van der Waals surface area contributed by atoms with Gasteiger partial charge in [0.05, 0.1) is 12.1 Å². The van der Waals surface area contributed by atoms with Gasteiger partial charge in [-0.1, -0.05) is 35.2 Å². The number of benzene rings is 1. The molecule has 2 aromatic rings. The van der Waals surface area contributed by atoms with Crippen LogP contribution in [-0.2, 0) is 0 Å². The first-order valence-electron chi connectivity index (χ1n) is 7.00. The Bertz CT molecular complexity index is 564. The number of pyridine rings is 1. The van der Waals surface area contributed by atoms with E-state index in [-0.39, 0.29) is 0 Å². The minimum Gasteiger partial charge on any atom is -0.493 e. The number of aromatic nitrogens is 1. The van der Waals surface area contributed by atoms with Crippen molar-refractivity contribution in [2.24, 2.45) is 5.92 Å². The Balaban J connectivity index is 1.78. The van der Waals surface area contributed by atoms with Crippen LogP contribution in [0.25, 0.3) is 10.9 Å². The SMILES string of the molecule is Brc1ccc2nccc(OCC3CCCCC3)c2c1. The number of hydrogen-bond donors (Lipinski definition) is 0. The summed E-state index contributed by atoms with van der Waals surface area (Å²) in [6.45, 7) is 0.839. The van der Waals surface area contributed by atoms with Gasteiger partial charge in [-0.3, -0.25) is 4.98 Å². The van der Waals surface area contributed by atoms with Gasteiger partial charge in [0, 0.05) is 16.1 Å².